The van der Waals surface area contributed by atoms with Crippen LogP contribution in [0.4, 0.5) is 5.69 Å². The molecule has 2 aromatic carbocycles. The number of morpholine rings is 1. The Hall–Kier alpha value is -3.41. The first-order valence-corrected chi connectivity index (χ1v) is 10.8. The van der Waals surface area contributed by atoms with Gasteiger partial charge in [-0.2, -0.15) is 5.26 Å². The van der Waals surface area contributed by atoms with Crippen LogP contribution in [0.2, 0.25) is 0 Å². The molecule has 5 rings (SSSR count). The van der Waals surface area contributed by atoms with Crippen molar-refractivity contribution >= 4 is 22.8 Å². The van der Waals surface area contributed by atoms with Crippen LogP contribution in [-0.2, 0) is 16.0 Å². The highest BCUT2D eigenvalue weighted by Gasteiger charge is 2.29. The van der Waals surface area contributed by atoms with E-state index in [0.717, 1.165) is 47.5 Å². The van der Waals surface area contributed by atoms with Gasteiger partial charge in [0.05, 0.1) is 19.8 Å². The zero-order valence-corrected chi connectivity index (χ0v) is 17.9. The zero-order chi connectivity index (χ0) is 22.2. The lowest BCUT2D eigenvalue weighted by Gasteiger charge is -2.30. The number of fused-ring (bicyclic) bond motifs is 2. The van der Waals surface area contributed by atoms with Crippen molar-refractivity contribution in [2.75, 3.05) is 37.7 Å². The van der Waals surface area contributed by atoms with Crippen LogP contribution in [0, 0.1) is 18.3 Å². The van der Waals surface area contributed by atoms with Gasteiger partial charge in [-0.1, -0.05) is 6.07 Å². The summed E-state index contributed by atoms with van der Waals surface area (Å²) < 4.78 is 11.6. The number of anilines is 1. The van der Waals surface area contributed by atoms with E-state index in [4.69, 9.17) is 19.2 Å². The number of benzene rings is 2. The molecule has 2 heterocycles. The van der Waals surface area contributed by atoms with Crippen molar-refractivity contribution in [3.63, 3.8) is 0 Å². The number of nitrogens with zero attached hydrogens (tertiary/aromatic N) is 3. The van der Waals surface area contributed by atoms with Crippen LogP contribution in [0.5, 0.6) is 0 Å². The molecule has 0 amide bonds. The molecular weight excluding hydrogens is 408 g/mol. The summed E-state index contributed by atoms with van der Waals surface area (Å²) in [6.07, 6.45) is 1.45. The van der Waals surface area contributed by atoms with Crippen molar-refractivity contribution in [3.8, 4) is 17.5 Å². The van der Waals surface area contributed by atoms with E-state index < -0.39 is 5.97 Å². The van der Waals surface area contributed by atoms with Gasteiger partial charge in [-0.25, -0.2) is 4.98 Å². The number of hydrogen-bond acceptors (Lipinski definition) is 7. The van der Waals surface area contributed by atoms with E-state index in [0.29, 0.717) is 42.2 Å². The standard InChI is InChI=1S/C24H24N4O4/c1-14-15(3-2-4-21(14)28-7-9-31-10-8-28)24-27-20-11-17-16(18(12-25)23(20)32-24)5-6-19(17)26-13-22(29)30/h2-4,11,19,26H,5-10,13H2,1H3,(H,29,30). The van der Waals surface area contributed by atoms with Crippen LogP contribution < -0.4 is 10.2 Å². The van der Waals surface area contributed by atoms with Crippen LogP contribution in [0.15, 0.2) is 28.7 Å². The molecule has 3 aromatic rings. The average molecular weight is 432 g/mol. The second kappa shape index (κ2) is 8.26. The van der Waals surface area contributed by atoms with E-state index in [1.165, 1.54) is 0 Å². The number of ether oxygens (including phenoxy) is 1. The van der Waals surface area contributed by atoms with Crippen molar-refractivity contribution in [3.05, 3.63) is 46.5 Å². The highest BCUT2D eigenvalue weighted by atomic mass is 16.5. The molecule has 164 valence electrons. The van der Waals surface area contributed by atoms with E-state index in [9.17, 15) is 10.1 Å². The van der Waals surface area contributed by atoms with Crippen LogP contribution >= 0.6 is 0 Å². The first kappa shape index (κ1) is 20.5. The number of nitrogens with one attached hydrogen (secondary N) is 1. The molecule has 8 heteroatoms. The predicted octanol–water partition coefficient (Wildman–Crippen LogP) is 3.17. The number of carboxylic acid groups (broad SMARTS) is 1. The van der Waals surface area contributed by atoms with Crippen molar-refractivity contribution in [1.29, 1.82) is 5.26 Å². The minimum Gasteiger partial charge on any atom is -0.480 e. The highest BCUT2D eigenvalue weighted by molar-refractivity contribution is 5.86. The van der Waals surface area contributed by atoms with E-state index in [2.05, 4.69) is 29.3 Å². The molecule has 1 atom stereocenters. The first-order chi connectivity index (χ1) is 15.6. The molecule has 1 unspecified atom stereocenters. The van der Waals surface area contributed by atoms with Gasteiger partial charge in [-0.05, 0) is 54.7 Å². The van der Waals surface area contributed by atoms with Gasteiger partial charge in [0.1, 0.15) is 17.1 Å². The molecular formula is C24H24N4O4. The number of rotatable bonds is 5. The molecule has 0 radical (unpaired) electrons. The second-order valence-electron chi connectivity index (χ2n) is 8.21. The van der Waals surface area contributed by atoms with Crippen LogP contribution in [0.3, 0.4) is 0 Å². The molecule has 0 saturated carbocycles. The maximum Gasteiger partial charge on any atom is 0.317 e. The number of hydrogen-bond donors (Lipinski definition) is 2. The Morgan fingerprint density at radius 2 is 2.19 bits per heavy atom. The van der Waals surface area contributed by atoms with E-state index in [1.54, 1.807) is 0 Å². The Labute approximate surface area is 185 Å². The van der Waals surface area contributed by atoms with Gasteiger partial charge in [0.15, 0.2) is 5.58 Å². The molecule has 1 aliphatic heterocycles. The third-order valence-electron chi connectivity index (χ3n) is 6.38. The molecule has 32 heavy (non-hydrogen) atoms. The Morgan fingerprint density at radius 3 is 2.94 bits per heavy atom. The lowest BCUT2D eigenvalue weighted by Crippen LogP contribution is -2.36. The largest absolute Gasteiger partial charge is 0.480 e. The summed E-state index contributed by atoms with van der Waals surface area (Å²) in [7, 11) is 0. The maximum atomic E-state index is 11.0. The number of carbonyl (C=O) groups is 1. The lowest BCUT2D eigenvalue weighted by molar-refractivity contribution is -0.136. The monoisotopic (exact) mass is 432 g/mol. The third-order valence-corrected chi connectivity index (χ3v) is 6.38. The average Bonchev–Trinajstić information content (AvgIpc) is 3.40. The van der Waals surface area contributed by atoms with Crippen LogP contribution in [-0.4, -0.2) is 48.9 Å². The summed E-state index contributed by atoms with van der Waals surface area (Å²) in [5.41, 5.74) is 6.58. The molecule has 2 N–H and O–H groups in total. The molecule has 1 aliphatic carbocycles. The smallest absolute Gasteiger partial charge is 0.317 e. The molecule has 0 bridgehead atoms. The van der Waals surface area contributed by atoms with Crippen LogP contribution in [0.25, 0.3) is 22.6 Å². The number of carboxylic acids is 1. The van der Waals surface area contributed by atoms with Crippen molar-refractivity contribution in [1.82, 2.24) is 10.3 Å². The minimum atomic E-state index is -0.903. The highest BCUT2D eigenvalue weighted by Crippen LogP contribution is 2.39. The van der Waals surface area contributed by atoms with Gasteiger partial charge in [-0.3, -0.25) is 4.79 Å². The van der Waals surface area contributed by atoms with Crippen molar-refractivity contribution < 1.29 is 19.1 Å². The summed E-state index contributed by atoms with van der Waals surface area (Å²) in [5, 5.41) is 22.0. The topological polar surface area (TPSA) is 112 Å². The van der Waals surface area contributed by atoms with E-state index >= 15 is 0 Å². The van der Waals surface area contributed by atoms with Gasteiger partial charge in [-0.15, -0.1) is 0 Å². The van der Waals surface area contributed by atoms with Crippen LogP contribution in [0.1, 0.15) is 34.7 Å². The van der Waals surface area contributed by atoms with Gasteiger partial charge < -0.3 is 24.5 Å². The van der Waals surface area contributed by atoms with Gasteiger partial charge in [0.25, 0.3) is 0 Å². The molecule has 8 nitrogen and oxygen atoms in total. The van der Waals surface area contributed by atoms with E-state index in [1.807, 2.05) is 18.2 Å². The summed E-state index contributed by atoms with van der Waals surface area (Å²) in [4.78, 5) is 18.0. The molecule has 2 aliphatic rings. The van der Waals surface area contributed by atoms with Gasteiger partial charge >= 0.3 is 5.97 Å². The summed E-state index contributed by atoms with van der Waals surface area (Å²) in [6, 6.07) is 10.2. The van der Waals surface area contributed by atoms with Crippen molar-refractivity contribution in [2.45, 2.75) is 25.8 Å². The first-order valence-electron chi connectivity index (χ1n) is 10.8. The summed E-state index contributed by atoms with van der Waals surface area (Å²) in [6.45, 7) is 5.04. The number of aliphatic carboxylic acids is 1. The molecule has 1 aromatic heterocycles. The van der Waals surface area contributed by atoms with E-state index in [-0.39, 0.29) is 12.6 Å². The quantitative estimate of drug-likeness (QED) is 0.632. The Kier molecular flexibility index (Phi) is 5.29. The fourth-order valence-electron chi connectivity index (χ4n) is 4.81. The van der Waals surface area contributed by atoms with Gasteiger partial charge in [0, 0.05) is 30.4 Å². The molecule has 1 fully saturated rings. The maximum absolute atomic E-state index is 11.0. The third kappa shape index (κ3) is 3.49. The number of oxazole rings is 1. The predicted molar refractivity (Wildman–Crippen MR) is 119 cm³/mol. The lowest BCUT2D eigenvalue weighted by atomic mass is 10.0. The Morgan fingerprint density at radius 1 is 1.38 bits per heavy atom. The molecule has 1 saturated heterocycles. The Bertz CT molecular complexity index is 1240. The SMILES string of the molecule is Cc1c(-c2nc3cc4c(c(C#N)c3o2)CCC4NCC(=O)O)cccc1N1CCOCC1. The summed E-state index contributed by atoms with van der Waals surface area (Å²) in [5.74, 6) is -0.415. The minimum absolute atomic E-state index is 0.107. The zero-order valence-electron chi connectivity index (χ0n) is 17.9. The van der Waals surface area contributed by atoms with Crippen molar-refractivity contribution in [2.24, 2.45) is 0 Å². The fraction of sp³-hybridized carbons (Fsp3) is 0.375. The normalized spacial score (nSPS) is 18.0. The fourth-order valence-corrected chi connectivity index (χ4v) is 4.81. The second-order valence-corrected chi connectivity index (χ2v) is 8.21. The summed E-state index contributed by atoms with van der Waals surface area (Å²) >= 11 is 0. The Balaban J connectivity index is 1.56. The molecule has 0 spiro atoms. The number of nitriles is 1. The van der Waals surface area contributed by atoms with Gasteiger partial charge in [0.2, 0.25) is 5.89 Å². The number of aromatic nitrogens is 1.